The monoisotopic (exact) mass is 322 g/mol. The van der Waals surface area contributed by atoms with E-state index in [2.05, 4.69) is 42.8 Å². The molecule has 0 aliphatic carbocycles. The van der Waals surface area contributed by atoms with Crippen LogP contribution in [0.4, 0.5) is 5.95 Å². The molecule has 0 spiro atoms. The molecule has 4 nitrogen and oxygen atoms in total. The quantitative estimate of drug-likeness (QED) is 0.802. The van der Waals surface area contributed by atoms with Gasteiger partial charge in [0.2, 0.25) is 5.95 Å². The van der Waals surface area contributed by atoms with Gasteiger partial charge < -0.3 is 5.32 Å². The summed E-state index contributed by atoms with van der Waals surface area (Å²) in [5.41, 5.74) is 2.02. The summed E-state index contributed by atoms with van der Waals surface area (Å²) in [6.45, 7) is 2.78. The van der Waals surface area contributed by atoms with E-state index in [0.29, 0.717) is 5.95 Å². The van der Waals surface area contributed by atoms with Crippen LogP contribution in [-0.4, -0.2) is 14.6 Å². The summed E-state index contributed by atoms with van der Waals surface area (Å²) in [6, 6.07) is 6.09. The van der Waals surface area contributed by atoms with E-state index in [4.69, 9.17) is 0 Å². The fourth-order valence-electron chi connectivity index (χ4n) is 1.67. The first-order valence-electron chi connectivity index (χ1n) is 5.50. The molecule has 0 fully saturated rings. The van der Waals surface area contributed by atoms with Gasteiger partial charge in [-0.15, -0.1) is 16.4 Å². The number of halogens is 1. The molecule has 0 saturated heterocycles. The van der Waals surface area contributed by atoms with Crippen molar-refractivity contribution in [2.75, 3.05) is 5.32 Å². The fourth-order valence-corrected chi connectivity index (χ4v) is 3.06. The molecule has 0 aromatic carbocycles. The molecule has 3 rings (SSSR count). The van der Waals surface area contributed by atoms with Crippen LogP contribution in [0.2, 0.25) is 0 Å². The van der Waals surface area contributed by atoms with E-state index in [1.54, 1.807) is 15.9 Å². The summed E-state index contributed by atoms with van der Waals surface area (Å²) in [4.78, 5) is 5.66. The third kappa shape index (κ3) is 2.39. The van der Waals surface area contributed by atoms with Gasteiger partial charge in [-0.05, 0) is 40.5 Å². The number of hydrogen-bond donors (Lipinski definition) is 1. The lowest BCUT2D eigenvalue weighted by Gasteiger charge is -1.97. The largest absolute Gasteiger partial charge is 0.348 e. The molecule has 0 aliphatic heterocycles. The third-order valence-electron chi connectivity index (χ3n) is 2.52. The van der Waals surface area contributed by atoms with Crippen molar-refractivity contribution in [1.82, 2.24) is 14.6 Å². The van der Waals surface area contributed by atoms with E-state index >= 15 is 0 Å². The number of thiophene rings is 1. The molecule has 0 unspecified atom stereocenters. The zero-order valence-electron chi connectivity index (χ0n) is 9.72. The number of nitrogens with one attached hydrogen (secondary N) is 1. The normalized spacial score (nSPS) is 11.0. The van der Waals surface area contributed by atoms with Crippen molar-refractivity contribution in [1.29, 1.82) is 0 Å². The Balaban J connectivity index is 1.78. The molecule has 0 radical (unpaired) electrons. The zero-order chi connectivity index (χ0) is 12.5. The second kappa shape index (κ2) is 4.70. The van der Waals surface area contributed by atoms with Crippen molar-refractivity contribution in [2.24, 2.45) is 0 Å². The number of aromatic nitrogens is 3. The molecule has 18 heavy (non-hydrogen) atoms. The SMILES string of the molecule is Cc1ccc2nc(NCc3cc(Br)cs3)nn2c1. The Kier molecular flexibility index (Phi) is 3.05. The minimum Gasteiger partial charge on any atom is -0.348 e. The molecule has 1 N–H and O–H groups in total. The highest BCUT2D eigenvalue weighted by molar-refractivity contribution is 9.10. The molecule has 0 aliphatic rings. The lowest BCUT2D eigenvalue weighted by molar-refractivity contribution is 0.944. The highest BCUT2D eigenvalue weighted by Gasteiger charge is 2.04. The predicted molar refractivity (Wildman–Crippen MR) is 77.1 cm³/mol. The Bertz CT molecular complexity index is 688. The Labute approximate surface area is 117 Å². The summed E-state index contributed by atoms with van der Waals surface area (Å²) in [5, 5.41) is 9.68. The number of pyridine rings is 1. The maximum atomic E-state index is 4.41. The van der Waals surface area contributed by atoms with Gasteiger partial charge in [0.15, 0.2) is 5.65 Å². The molecule has 92 valence electrons. The van der Waals surface area contributed by atoms with Crippen molar-refractivity contribution in [3.63, 3.8) is 0 Å². The van der Waals surface area contributed by atoms with Gasteiger partial charge >= 0.3 is 0 Å². The number of hydrogen-bond acceptors (Lipinski definition) is 4. The third-order valence-corrected chi connectivity index (χ3v) is 4.22. The first-order valence-corrected chi connectivity index (χ1v) is 7.18. The van der Waals surface area contributed by atoms with E-state index < -0.39 is 0 Å². The molecule has 0 bridgehead atoms. The molecule has 3 heterocycles. The van der Waals surface area contributed by atoms with Crippen LogP contribution >= 0.6 is 27.3 Å². The highest BCUT2D eigenvalue weighted by atomic mass is 79.9. The maximum absolute atomic E-state index is 4.41. The Morgan fingerprint density at radius 1 is 1.44 bits per heavy atom. The van der Waals surface area contributed by atoms with Crippen molar-refractivity contribution in [3.8, 4) is 0 Å². The zero-order valence-corrected chi connectivity index (χ0v) is 12.1. The van der Waals surface area contributed by atoms with E-state index in [9.17, 15) is 0 Å². The maximum Gasteiger partial charge on any atom is 0.243 e. The predicted octanol–water partition coefficient (Wildman–Crippen LogP) is 3.47. The molecule has 3 aromatic heterocycles. The van der Waals surface area contributed by atoms with Gasteiger partial charge in [0, 0.05) is 20.9 Å². The van der Waals surface area contributed by atoms with Crippen molar-refractivity contribution < 1.29 is 0 Å². The minimum atomic E-state index is 0.658. The van der Waals surface area contributed by atoms with E-state index in [-0.39, 0.29) is 0 Å². The van der Waals surface area contributed by atoms with Crippen molar-refractivity contribution in [2.45, 2.75) is 13.5 Å². The van der Waals surface area contributed by atoms with Crippen LogP contribution < -0.4 is 5.32 Å². The molecular formula is C12H11BrN4S. The van der Waals surface area contributed by atoms with Crippen molar-refractivity contribution >= 4 is 38.9 Å². The molecule has 3 aromatic rings. The first kappa shape index (κ1) is 11.7. The number of rotatable bonds is 3. The van der Waals surface area contributed by atoms with E-state index in [1.807, 2.05) is 25.3 Å². The molecule has 0 saturated carbocycles. The number of anilines is 1. The lowest BCUT2D eigenvalue weighted by Crippen LogP contribution is -1.99. The molecule has 0 amide bonds. The van der Waals surface area contributed by atoms with Crippen LogP contribution in [-0.2, 0) is 6.54 Å². The van der Waals surface area contributed by atoms with Gasteiger partial charge in [-0.2, -0.15) is 4.98 Å². The van der Waals surface area contributed by atoms with Gasteiger partial charge in [-0.3, -0.25) is 0 Å². The first-order chi connectivity index (χ1) is 8.70. The number of nitrogens with zero attached hydrogens (tertiary/aromatic N) is 3. The summed E-state index contributed by atoms with van der Waals surface area (Å²) >= 11 is 5.15. The topological polar surface area (TPSA) is 42.2 Å². The minimum absolute atomic E-state index is 0.658. The summed E-state index contributed by atoms with van der Waals surface area (Å²) < 4.78 is 2.91. The van der Waals surface area contributed by atoms with Crippen LogP contribution in [0.3, 0.4) is 0 Å². The average Bonchev–Trinajstić information content (AvgIpc) is 2.92. The second-order valence-corrected chi connectivity index (χ2v) is 5.94. The summed E-state index contributed by atoms with van der Waals surface area (Å²) in [7, 11) is 0. The lowest BCUT2D eigenvalue weighted by atomic mass is 10.3. The highest BCUT2D eigenvalue weighted by Crippen LogP contribution is 2.20. The van der Waals surface area contributed by atoms with Gasteiger partial charge in [-0.25, -0.2) is 4.52 Å². The molecular weight excluding hydrogens is 312 g/mol. The van der Waals surface area contributed by atoms with E-state index in [0.717, 1.165) is 16.7 Å². The second-order valence-electron chi connectivity index (χ2n) is 4.03. The van der Waals surface area contributed by atoms with Crippen LogP contribution in [0, 0.1) is 6.92 Å². The van der Waals surface area contributed by atoms with Crippen LogP contribution in [0.25, 0.3) is 5.65 Å². The van der Waals surface area contributed by atoms with Gasteiger partial charge in [-0.1, -0.05) is 6.07 Å². The molecule has 0 atom stereocenters. The van der Waals surface area contributed by atoms with Crippen LogP contribution in [0.15, 0.2) is 34.2 Å². The number of fused-ring (bicyclic) bond motifs is 1. The Morgan fingerprint density at radius 2 is 2.33 bits per heavy atom. The van der Waals surface area contributed by atoms with Crippen LogP contribution in [0.1, 0.15) is 10.4 Å². The van der Waals surface area contributed by atoms with E-state index in [1.165, 1.54) is 10.4 Å². The van der Waals surface area contributed by atoms with Gasteiger partial charge in [0.1, 0.15) is 0 Å². The number of aryl methyl sites for hydroxylation is 1. The van der Waals surface area contributed by atoms with Gasteiger partial charge in [0.25, 0.3) is 0 Å². The Hall–Kier alpha value is -1.40. The molecule has 6 heteroatoms. The fraction of sp³-hybridized carbons (Fsp3) is 0.167. The summed E-state index contributed by atoms with van der Waals surface area (Å²) in [5.74, 6) is 0.658. The van der Waals surface area contributed by atoms with Gasteiger partial charge in [0.05, 0.1) is 6.54 Å². The van der Waals surface area contributed by atoms with Crippen molar-refractivity contribution in [3.05, 3.63) is 44.7 Å². The smallest absolute Gasteiger partial charge is 0.243 e. The Morgan fingerprint density at radius 3 is 3.11 bits per heavy atom. The summed E-state index contributed by atoms with van der Waals surface area (Å²) in [6.07, 6.45) is 1.97. The average molecular weight is 323 g/mol. The standard InChI is InChI=1S/C12H11BrN4S/c1-8-2-3-11-15-12(16-17(11)6-8)14-5-10-4-9(13)7-18-10/h2-4,6-7H,5H2,1H3,(H,14,16). The van der Waals surface area contributed by atoms with Crippen LogP contribution in [0.5, 0.6) is 0 Å².